The zero-order valence-electron chi connectivity index (χ0n) is 68.2. The van der Waals surface area contributed by atoms with Crippen LogP contribution in [-0.2, 0) is 54.1 Å². The van der Waals surface area contributed by atoms with Crippen LogP contribution in [-0.4, -0.2) is 192 Å². The summed E-state index contributed by atoms with van der Waals surface area (Å²) in [5.41, 5.74) is -4.77. The van der Waals surface area contributed by atoms with Crippen LogP contribution in [0.25, 0.3) is 0 Å². The van der Waals surface area contributed by atoms with Gasteiger partial charge in [-0.1, -0.05) is 0 Å². The molecule has 7 saturated heterocycles. The molecule has 0 radical (unpaired) electrons. The van der Waals surface area contributed by atoms with Crippen molar-refractivity contribution >= 4 is 35.8 Å². The Morgan fingerprint density at radius 3 is 1.06 bits per heavy atom. The third kappa shape index (κ3) is 20.7. The van der Waals surface area contributed by atoms with Crippen molar-refractivity contribution in [3.8, 4) is 0 Å². The second-order valence-corrected chi connectivity index (χ2v) is 40.9. The van der Waals surface area contributed by atoms with Gasteiger partial charge in [-0.3, -0.25) is 29.1 Å². The van der Waals surface area contributed by atoms with Crippen LogP contribution >= 0.6 is 0 Å². The number of hydrogen-bond acceptors (Lipinski definition) is 20. The molecule has 1 aromatic rings. The highest BCUT2D eigenvalue weighted by atomic mass is 16.6. The summed E-state index contributed by atoms with van der Waals surface area (Å²) >= 11 is 0. The summed E-state index contributed by atoms with van der Waals surface area (Å²) < 4.78 is 45.6. The molecule has 0 saturated carbocycles. The lowest BCUT2D eigenvalue weighted by molar-refractivity contribution is -0.182. The molecule has 4 N–H and O–H groups in total. The van der Waals surface area contributed by atoms with Gasteiger partial charge in [0.1, 0.15) is 36.6 Å². The molecule has 7 aliphatic rings. The van der Waals surface area contributed by atoms with Gasteiger partial charge in [0.15, 0.2) is 5.92 Å². The summed E-state index contributed by atoms with van der Waals surface area (Å²) in [6, 6.07) is 3.10. The smallest absolute Gasteiger partial charge is 0.339 e. The molecule has 7 aliphatic heterocycles. The first-order valence-corrected chi connectivity index (χ1v) is 38.0. The van der Waals surface area contributed by atoms with E-state index in [0.29, 0.717) is 108 Å². The molecule has 20 nitrogen and oxygen atoms in total. The molecule has 1 aromatic carbocycles. The van der Waals surface area contributed by atoms with Crippen molar-refractivity contribution < 1.29 is 61.9 Å². The van der Waals surface area contributed by atoms with Crippen LogP contribution in [0.1, 0.15) is 326 Å². The Labute approximate surface area is 608 Å². The Balaban J connectivity index is 1.06. The van der Waals surface area contributed by atoms with E-state index in [9.17, 15) is 14.4 Å². The van der Waals surface area contributed by atoms with Gasteiger partial charge in [0.05, 0.1) is 35.8 Å². The summed E-state index contributed by atoms with van der Waals surface area (Å²) in [6.07, 6.45) is 5.11. The third-order valence-corrected chi connectivity index (χ3v) is 24.4. The maximum absolute atomic E-state index is 15.5. The van der Waals surface area contributed by atoms with Gasteiger partial charge in [-0.25, -0.2) is 14.4 Å². The van der Waals surface area contributed by atoms with E-state index in [-0.39, 0.29) is 84.8 Å². The largest absolute Gasteiger partial charge is 0.462 e. The van der Waals surface area contributed by atoms with E-state index in [2.05, 4.69) is 237 Å². The zero-order chi connectivity index (χ0) is 76.0. The van der Waals surface area contributed by atoms with Crippen molar-refractivity contribution in [3.63, 3.8) is 0 Å². The molecule has 7 heterocycles. The van der Waals surface area contributed by atoms with Crippen molar-refractivity contribution in [3.05, 3.63) is 34.4 Å². The average Bonchev–Trinajstić information content (AvgIpc) is 0.781. The van der Waals surface area contributed by atoms with Crippen LogP contribution in [0.2, 0.25) is 0 Å². The maximum atomic E-state index is 15.5. The molecule has 8 rings (SSSR count). The molecular weight excluding hydrogens is 1280 g/mol. The van der Waals surface area contributed by atoms with Crippen LogP contribution in [0, 0.1) is 5.92 Å². The van der Waals surface area contributed by atoms with E-state index >= 15 is 14.4 Å². The van der Waals surface area contributed by atoms with Gasteiger partial charge in [-0.05, 0) is 245 Å². The van der Waals surface area contributed by atoms with Crippen LogP contribution in [0.5, 0.6) is 0 Å². The van der Waals surface area contributed by atoms with Crippen molar-refractivity contribution in [1.82, 2.24) is 36.0 Å². The second kappa shape index (κ2) is 28.5. The number of nitrogens with one attached hydrogen (secondary N) is 4. The molecule has 0 amide bonds. The van der Waals surface area contributed by atoms with Gasteiger partial charge < -0.3 is 54.4 Å². The number of esters is 6. The highest BCUT2D eigenvalue weighted by Gasteiger charge is 2.53. The first-order chi connectivity index (χ1) is 45.6. The minimum absolute atomic E-state index is 0.00459. The van der Waals surface area contributed by atoms with E-state index < -0.39 is 107 Å². The summed E-state index contributed by atoms with van der Waals surface area (Å²) in [5, 5.41) is 15.0. The fraction of sp³-hybridized carbons (Fsp3) is 0.852. The van der Waals surface area contributed by atoms with Crippen molar-refractivity contribution in [2.45, 2.75) is 416 Å². The van der Waals surface area contributed by atoms with E-state index in [1.165, 1.54) is 6.07 Å². The summed E-state index contributed by atoms with van der Waals surface area (Å²) in [5.74, 6) is -5.80. The minimum atomic E-state index is -1.54. The Morgan fingerprint density at radius 2 is 0.663 bits per heavy atom. The normalized spacial score (nSPS) is 30.4. The molecule has 5 unspecified atom stereocenters. The van der Waals surface area contributed by atoms with Gasteiger partial charge in [-0.15, -0.1) is 0 Å². The molecule has 20 heteroatoms. The number of nitrogens with zero attached hydrogens (tertiary/aromatic N) is 3. The molecule has 0 spiro atoms. The van der Waals surface area contributed by atoms with E-state index in [1.54, 1.807) is 6.07 Å². The van der Waals surface area contributed by atoms with Gasteiger partial charge in [-0.2, -0.15) is 0 Å². The second-order valence-electron chi connectivity index (χ2n) is 40.9. The highest BCUT2D eigenvalue weighted by molar-refractivity contribution is 6.06. The Hall–Kier alpha value is -4.28. The summed E-state index contributed by atoms with van der Waals surface area (Å²) in [6.45, 7) is 55.2. The first-order valence-electron chi connectivity index (χ1n) is 38.0. The van der Waals surface area contributed by atoms with Gasteiger partial charge in [0, 0.05) is 155 Å². The monoisotopic (exact) mass is 1420 g/mol. The SMILES string of the molecule is CN1C(C)(C)CC(OC(=O)CC(C(=O)OC2CC(C)(C)N(C)C(C)(C)C2)C(=O)OC2CC(C)(C)N(C)C(C)(CCC3(C)CC(OC(=O)c4cc(C(=O)OC5CC(C)(C)NC(C)(C)C5)c(C(=O)OC5CC(C)(C)NC(C)(C)C5)cc4COC4CC(C)(C)NC(C)(C)C4)CC(C)(C)N3)C2)CC1(C)C. The van der Waals surface area contributed by atoms with Crippen LogP contribution in [0.3, 0.4) is 0 Å². The van der Waals surface area contributed by atoms with E-state index in [4.69, 9.17) is 33.2 Å². The molecule has 0 aliphatic carbocycles. The van der Waals surface area contributed by atoms with Crippen LogP contribution in [0.4, 0.5) is 0 Å². The molecule has 101 heavy (non-hydrogen) atoms. The number of likely N-dealkylation sites (tertiary alicyclic amines) is 3. The fourth-order valence-corrected chi connectivity index (χ4v) is 20.3. The Kier molecular flexibility index (Phi) is 23.2. The first kappa shape index (κ1) is 82.4. The van der Waals surface area contributed by atoms with Gasteiger partial charge in [0.25, 0.3) is 0 Å². The summed E-state index contributed by atoms with van der Waals surface area (Å²) in [4.78, 5) is 96.6. The predicted octanol–water partition coefficient (Wildman–Crippen LogP) is 13.2. The van der Waals surface area contributed by atoms with Gasteiger partial charge >= 0.3 is 35.8 Å². The fourth-order valence-electron chi connectivity index (χ4n) is 20.3. The Bertz CT molecular complexity index is 3150. The number of piperidine rings is 7. The minimum Gasteiger partial charge on any atom is -0.462 e. The highest BCUT2D eigenvalue weighted by Crippen LogP contribution is 2.46. The van der Waals surface area contributed by atoms with E-state index in [0.717, 1.165) is 0 Å². The topological polar surface area (TPSA) is 225 Å². The van der Waals surface area contributed by atoms with Crippen molar-refractivity contribution in [2.75, 3.05) is 21.1 Å². The quantitative estimate of drug-likeness (QED) is 0.0574. The van der Waals surface area contributed by atoms with Crippen molar-refractivity contribution in [2.24, 2.45) is 5.92 Å². The molecule has 7 fully saturated rings. The lowest BCUT2D eigenvalue weighted by Crippen LogP contribution is -2.64. The molecule has 5 atom stereocenters. The third-order valence-electron chi connectivity index (χ3n) is 24.4. The maximum Gasteiger partial charge on any atom is 0.339 e. The number of hydrogen-bond donors (Lipinski definition) is 4. The van der Waals surface area contributed by atoms with Crippen LogP contribution in [0.15, 0.2) is 12.1 Å². The standard InChI is InChI=1S/C81H137N7O13/c1-68(2)35-51(36-69(3,4)82-68)95-49-50-32-59(64(91)97-52-37-70(5,6)83-71(7,8)38-52)60(65(92)98-53-39-72(9,10)84-73(11,12)40-53)33-58(50)63(90)99-54-41-74(13,14)85-80(25,47-54)30-31-81(26)48-57(46-79(23,24)88(81)29)101-67(94)61(66(93)100-56-44-77(19,20)87(28)78(21,22)45-56)34-62(89)96-55-42-75(15,16)86(27)76(17,18)43-55/h32-33,51-57,61,82-85H,30-31,34-49H2,1-29H3. The molecule has 0 aromatic heterocycles. The van der Waals surface area contributed by atoms with Gasteiger partial charge in [0.2, 0.25) is 0 Å². The average molecular weight is 1420 g/mol. The number of ether oxygens (including phenoxy) is 7. The predicted molar refractivity (Wildman–Crippen MR) is 396 cm³/mol. The number of carbonyl (C=O) groups is 6. The molecule has 0 bridgehead atoms. The molecular formula is C81H137N7O13. The number of carbonyl (C=O) groups excluding carboxylic acids is 6. The number of rotatable bonds is 19. The van der Waals surface area contributed by atoms with Crippen LogP contribution < -0.4 is 21.3 Å². The lowest BCUT2D eigenvalue weighted by atomic mass is 9.71. The zero-order valence-corrected chi connectivity index (χ0v) is 68.2. The van der Waals surface area contributed by atoms with Crippen molar-refractivity contribution in [1.29, 1.82) is 0 Å². The van der Waals surface area contributed by atoms with E-state index in [1.807, 2.05) is 0 Å². The Morgan fingerprint density at radius 1 is 0.356 bits per heavy atom. The lowest BCUT2D eigenvalue weighted by Gasteiger charge is -2.56. The molecule has 574 valence electrons. The number of benzene rings is 1. The summed E-state index contributed by atoms with van der Waals surface area (Å²) in [7, 11) is 6.28.